The molecule has 3 rings (SSSR count). The molecule has 0 spiro atoms. The zero-order valence-corrected chi connectivity index (χ0v) is 15.1. The van der Waals surface area contributed by atoms with Crippen molar-refractivity contribution in [1.29, 1.82) is 0 Å². The second-order valence-electron chi connectivity index (χ2n) is 6.95. The van der Waals surface area contributed by atoms with Gasteiger partial charge in [0.25, 0.3) is 0 Å². The molecule has 1 aliphatic rings. The Morgan fingerprint density at radius 1 is 1.38 bits per heavy atom. The molecule has 1 aliphatic heterocycles. The van der Waals surface area contributed by atoms with Crippen LogP contribution in [-0.2, 0) is 18.3 Å². The van der Waals surface area contributed by atoms with Crippen molar-refractivity contribution in [2.75, 3.05) is 25.0 Å². The van der Waals surface area contributed by atoms with Crippen LogP contribution in [0.2, 0.25) is 0 Å². The molecule has 1 unspecified atom stereocenters. The van der Waals surface area contributed by atoms with Crippen molar-refractivity contribution in [3.05, 3.63) is 47.3 Å². The number of carboxylic acids is 1. The number of carbonyl (C=O) groups excluding carboxylic acids is 1. The zero-order valence-electron chi connectivity index (χ0n) is 15.1. The normalized spacial score (nSPS) is 17.4. The van der Waals surface area contributed by atoms with E-state index in [1.54, 1.807) is 29.1 Å². The number of amides is 1. The Morgan fingerprint density at radius 3 is 2.88 bits per heavy atom. The van der Waals surface area contributed by atoms with Gasteiger partial charge in [-0.2, -0.15) is 5.10 Å². The van der Waals surface area contributed by atoms with Crippen molar-refractivity contribution >= 4 is 17.6 Å². The average molecular weight is 356 g/mol. The summed E-state index contributed by atoms with van der Waals surface area (Å²) in [5.74, 6) is -0.496. The van der Waals surface area contributed by atoms with Crippen LogP contribution >= 0.6 is 0 Å². The Morgan fingerprint density at radius 2 is 2.19 bits per heavy atom. The molecule has 0 aliphatic carbocycles. The number of carboxylic acid groups (broad SMARTS) is 1. The van der Waals surface area contributed by atoms with Crippen LogP contribution in [-0.4, -0.2) is 51.3 Å². The number of aromatic nitrogens is 2. The van der Waals surface area contributed by atoms with E-state index in [9.17, 15) is 9.59 Å². The van der Waals surface area contributed by atoms with E-state index in [1.165, 1.54) is 0 Å². The van der Waals surface area contributed by atoms with Gasteiger partial charge in [0.1, 0.15) is 0 Å². The Labute approximate surface area is 152 Å². The highest BCUT2D eigenvalue weighted by Gasteiger charge is 2.24. The number of aromatic carboxylic acids is 1. The SMILES string of the molecule is Cc1nn(C)cc1NC(=O)CN1CCC(Cc2cccc(C(=O)O)c2)C1. The van der Waals surface area contributed by atoms with Gasteiger partial charge in [0.05, 0.1) is 23.5 Å². The second-order valence-corrected chi connectivity index (χ2v) is 6.95. The maximum absolute atomic E-state index is 12.3. The fraction of sp³-hybridized carbons (Fsp3) is 0.421. The number of likely N-dealkylation sites (tertiary alicyclic amines) is 1. The molecule has 1 aromatic heterocycles. The molecule has 0 bridgehead atoms. The van der Waals surface area contributed by atoms with E-state index in [-0.39, 0.29) is 5.91 Å². The minimum absolute atomic E-state index is 0.0328. The van der Waals surface area contributed by atoms with Crippen LogP contribution in [0.25, 0.3) is 0 Å². The molecule has 7 nitrogen and oxygen atoms in total. The second kappa shape index (κ2) is 7.70. The molecular formula is C19H24N4O3. The Balaban J connectivity index is 1.50. The number of nitrogens with one attached hydrogen (secondary N) is 1. The maximum Gasteiger partial charge on any atom is 0.335 e. The molecule has 1 atom stereocenters. The van der Waals surface area contributed by atoms with Crippen LogP contribution in [0.5, 0.6) is 0 Å². The number of aryl methyl sites for hydroxylation is 2. The summed E-state index contributed by atoms with van der Waals surface area (Å²) < 4.78 is 1.68. The predicted octanol–water partition coefficient (Wildman–Crippen LogP) is 1.93. The molecule has 2 aromatic rings. The van der Waals surface area contributed by atoms with Crippen molar-refractivity contribution < 1.29 is 14.7 Å². The average Bonchev–Trinajstić information content (AvgIpc) is 3.13. The maximum atomic E-state index is 12.3. The fourth-order valence-electron chi connectivity index (χ4n) is 3.50. The number of anilines is 1. The fourth-order valence-corrected chi connectivity index (χ4v) is 3.50. The number of nitrogens with zero attached hydrogens (tertiary/aromatic N) is 3. The van der Waals surface area contributed by atoms with E-state index in [4.69, 9.17) is 5.11 Å². The van der Waals surface area contributed by atoms with E-state index in [1.807, 2.05) is 20.0 Å². The first-order valence-corrected chi connectivity index (χ1v) is 8.75. The van der Waals surface area contributed by atoms with Crippen molar-refractivity contribution in [1.82, 2.24) is 14.7 Å². The lowest BCUT2D eigenvalue weighted by molar-refractivity contribution is -0.117. The zero-order chi connectivity index (χ0) is 18.7. The highest BCUT2D eigenvalue weighted by atomic mass is 16.4. The lowest BCUT2D eigenvalue weighted by atomic mass is 9.97. The van der Waals surface area contributed by atoms with Crippen molar-refractivity contribution in [3.8, 4) is 0 Å². The highest BCUT2D eigenvalue weighted by Crippen LogP contribution is 2.21. The largest absolute Gasteiger partial charge is 0.478 e. The summed E-state index contributed by atoms with van der Waals surface area (Å²) in [6, 6.07) is 7.10. The Hall–Kier alpha value is -2.67. The van der Waals surface area contributed by atoms with Gasteiger partial charge in [0.2, 0.25) is 5.91 Å². The minimum atomic E-state index is -0.901. The van der Waals surface area contributed by atoms with Crippen LogP contribution in [0.3, 0.4) is 0 Å². The van der Waals surface area contributed by atoms with Crippen molar-refractivity contribution in [3.63, 3.8) is 0 Å². The summed E-state index contributed by atoms with van der Waals surface area (Å²) in [7, 11) is 1.83. The Bertz CT molecular complexity index is 815. The monoisotopic (exact) mass is 356 g/mol. The molecule has 138 valence electrons. The summed E-state index contributed by atoms with van der Waals surface area (Å²) in [6.45, 7) is 3.95. The van der Waals surface area contributed by atoms with E-state index in [0.29, 0.717) is 18.0 Å². The van der Waals surface area contributed by atoms with Crippen LogP contribution in [0.4, 0.5) is 5.69 Å². The molecule has 26 heavy (non-hydrogen) atoms. The van der Waals surface area contributed by atoms with Gasteiger partial charge >= 0.3 is 5.97 Å². The smallest absolute Gasteiger partial charge is 0.335 e. The van der Waals surface area contributed by atoms with E-state index in [2.05, 4.69) is 15.3 Å². The topological polar surface area (TPSA) is 87.5 Å². The standard InChI is InChI=1S/C19H24N4O3/c1-13-17(11-22(2)21-13)20-18(24)12-23-7-6-15(10-23)8-14-4-3-5-16(9-14)19(25)26/h3-5,9,11,15H,6-8,10,12H2,1-2H3,(H,20,24)(H,25,26). The molecule has 2 N–H and O–H groups in total. The molecule has 1 fully saturated rings. The van der Waals surface area contributed by atoms with E-state index < -0.39 is 5.97 Å². The summed E-state index contributed by atoms with van der Waals surface area (Å²) in [4.78, 5) is 25.5. The number of hydrogen-bond acceptors (Lipinski definition) is 4. The van der Waals surface area contributed by atoms with E-state index in [0.717, 1.165) is 42.9 Å². The third-order valence-electron chi connectivity index (χ3n) is 4.72. The molecule has 0 radical (unpaired) electrons. The van der Waals surface area contributed by atoms with Crippen LogP contribution in [0.15, 0.2) is 30.5 Å². The predicted molar refractivity (Wildman–Crippen MR) is 98.2 cm³/mol. The summed E-state index contributed by atoms with van der Waals surface area (Å²) in [5.41, 5.74) is 2.91. The lowest BCUT2D eigenvalue weighted by Crippen LogP contribution is -2.31. The van der Waals surface area contributed by atoms with Gasteiger partial charge in [-0.3, -0.25) is 14.4 Å². The van der Waals surface area contributed by atoms with Gasteiger partial charge in [-0.15, -0.1) is 0 Å². The van der Waals surface area contributed by atoms with Gasteiger partial charge < -0.3 is 10.4 Å². The number of benzene rings is 1. The minimum Gasteiger partial charge on any atom is -0.478 e. The molecule has 1 aromatic carbocycles. The first-order valence-electron chi connectivity index (χ1n) is 8.75. The molecular weight excluding hydrogens is 332 g/mol. The molecule has 1 saturated heterocycles. The quantitative estimate of drug-likeness (QED) is 0.826. The summed E-state index contributed by atoms with van der Waals surface area (Å²) >= 11 is 0. The Kier molecular flexibility index (Phi) is 5.37. The molecule has 7 heteroatoms. The van der Waals surface area contributed by atoms with E-state index >= 15 is 0 Å². The van der Waals surface area contributed by atoms with Gasteiger partial charge in [0.15, 0.2) is 0 Å². The first kappa shape index (κ1) is 18.1. The number of carbonyl (C=O) groups is 2. The van der Waals surface area contributed by atoms with Gasteiger partial charge in [-0.1, -0.05) is 12.1 Å². The van der Waals surface area contributed by atoms with Crippen LogP contribution in [0, 0.1) is 12.8 Å². The third-order valence-corrected chi connectivity index (χ3v) is 4.72. The van der Waals surface area contributed by atoms with Crippen molar-refractivity contribution in [2.24, 2.45) is 13.0 Å². The number of hydrogen-bond donors (Lipinski definition) is 2. The molecule has 0 saturated carbocycles. The van der Waals surface area contributed by atoms with Crippen LogP contribution in [0.1, 0.15) is 28.0 Å². The lowest BCUT2D eigenvalue weighted by Gasteiger charge is -2.15. The van der Waals surface area contributed by atoms with Gasteiger partial charge in [-0.05, 0) is 49.9 Å². The third kappa shape index (κ3) is 4.49. The summed E-state index contributed by atoms with van der Waals surface area (Å²) in [6.07, 6.45) is 3.65. The summed E-state index contributed by atoms with van der Waals surface area (Å²) in [5, 5.41) is 16.2. The van der Waals surface area contributed by atoms with Gasteiger partial charge in [-0.25, -0.2) is 4.79 Å². The highest BCUT2D eigenvalue weighted by molar-refractivity contribution is 5.92. The van der Waals surface area contributed by atoms with Crippen LogP contribution < -0.4 is 5.32 Å². The molecule has 1 amide bonds. The molecule has 2 heterocycles. The first-order chi connectivity index (χ1) is 12.4. The number of rotatable bonds is 6. The van der Waals surface area contributed by atoms with Gasteiger partial charge in [0, 0.05) is 19.8 Å². The van der Waals surface area contributed by atoms with Crippen molar-refractivity contribution in [2.45, 2.75) is 19.8 Å².